The Balaban J connectivity index is 1.18. The molecule has 0 bridgehead atoms. The number of fused-ring (bicyclic) bond motifs is 1. The minimum Gasteiger partial charge on any atom is -0.507 e. The quantitative estimate of drug-likeness (QED) is 0.0105. The van der Waals surface area contributed by atoms with Gasteiger partial charge in [0.1, 0.15) is 97.6 Å². The van der Waals surface area contributed by atoms with Crippen molar-refractivity contribution < 1.29 is 152 Å². The van der Waals surface area contributed by atoms with Crippen LogP contribution in [0.2, 0.25) is 0 Å². The highest BCUT2D eigenvalue weighted by molar-refractivity contribution is 5.91. The summed E-state index contributed by atoms with van der Waals surface area (Å²) in [6.07, 6.45) is -27.0. The van der Waals surface area contributed by atoms with E-state index in [4.69, 9.17) is 66.4 Å². The normalized spacial score (nSPS) is 27.1. The van der Waals surface area contributed by atoms with Crippen LogP contribution >= 0.6 is 0 Å². The molecule has 3 fully saturated rings. The van der Waals surface area contributed by atoms with Gasteiger partial charge in [0.15, 0.2) is 53.0 Å². The highest BCUT2D eigenvalue weighted by atomic mass is 16.8. The van der Waals surface area contributed by atoms with E-state index in [1.807, 2.05) is 0 Å². The molecule has 8 rings (SSSR count). The van der Waals surface area contributed by atoms with Crippen LogP contribution in [-0.4, -0.2) is 229 Å². The Hall–Kier alpha value is -8.83. The van der Waals surface area contributed by atoms with E-state index in [9.17, 15) is 85.6 Å². The lowest BCUT2D eigenvalue weighted by Crippen LogP contribution is -2.65. The molecular weight excluding hydrogens is 1180 g/mol. The number of benzene rings is 4. The molecule has 3 aliphatic rings. The average Bonchev–Trinajstić information content (AvgIpc) is 0.872. The summed E-state index contributed by atoms with van der Waals surface area (Å²) >= 11 is 0. The highest BCUT2D eigenvalue weighted by Crippen LogP contribution is 2.44. The van der Waals surface area contributed by atoms with Crippen molar-refractivity contribution in [3.8, 4) is 68.8 Å². The molecule has 1 aromatic heterocycles. The van der Waals surface area contributed by atoms with Crippen molar-refractivity contribution in [2.75, 3.05) is 41.2 Å². The van der Waals surface area contributed by atoms with Crippen molar-refractivity contribution in [2.24, 2.45) is 0 Å². The lowest BCUT2D eigenvalue weighted by Gasteiger charge is -2.46. The summed E-state index contributed by atoms with van der Waals surface area (Å²) in [6.45, 7) is -2.72. The molecule has 0 aliphatic carbocycles. The van der Waals surface area contributed by atoms with Crippen molar-refractivity contribution in [3.05, 3.63) is 90.0 Å². The molecular formula is C57H61O31+. The Morgan fingerprint density at radius 2 is 1.12 bits per heavy atom. The van der Waals surface area contributed by atoms with Gasteiger partial charge in [-0.05, 0) is 59.7 Å². The minimum atomic E-state index is -2.25. The zero-order chi connectivity index (χ0) is 63.8. The molecule has 4 aromatic carbocycles. The van der Waals surface area contributed by atoms with E-state index in [1.165, 1.54) is 69.9 Å². The summed E-state index contributed by atoms with van der Waals surface area (Å²) in [5.74, 6) is -8.94. The number of phenols is 5. The molecule has 4 heterocycles. The Kier molecular flexibility index (Phi) is 21.0. The Labute approximate surface area is 496 Å². The number of methoxy groups -OCH3 is 3. The lowest BCUT2D eigenvalue weighted by molar-refractivity contribution is -0.358. The summed E-state index contributed by atoms with van der Waals surface area (Å²) in [5.41, 5.74) is 0.188. The zero-order valence-electron chi connectivity index (χ0n) is 46.4. The van der Waals surface area contributed by atoms with Gasteiger partial charge in [-0.3, -0.25) is 9.59 Å². The molecule has 31 heteroatoms. The molecule has 3 aliphatic heterocycles. The third-order valence-electron chi connectivity index (χ3n) is 13.8. The molecule has 14 N–H and O–H groups in total. The van der Waals surface area contributed by atoms with Gasteiger partial charge in [-0.25, -0.2) is 14.0 Å². The first-order chi connectivity index (χ1) is 41.9. The van der Waals surface area contributed by atoms with Crippen LogP contribution in [0.3, 0.4) is 0 Å². The van der Waals surface area contributed by atoms with Crippen LogP contribution in [0.4, 0.5) is 0 Å². The van der Waals surface area contributed by atoms with Crippen LogP contribution in [0.1, 0.15) is 17.5 Å². The van der Waals surface area contributed by atoms with Gasteiger partial charge >= 0.3 is 35.2 Å². The molecule has 0 saturated carbocycles. The van der Waals surface area contributed by atoms with Gasteiger partial charge in [-0.1, -0.05) is 6.07 Å². The van der Waals surface area contributed by atoms with Gasteiger partial charge in [0.2, 0.25) is 24.1 Å². The second-order valence-corrected chi connectivity index (χ2v) is 19.7. The van der Waals surface area contributed by atoms with Crippen LogP contribution in [0, 0.1) is 0 Å². The minimum absolute atomic E-state index is 0.0461. The van der Waals surface area contributed by atoms with E-state index >= 15 is 0 Å². The fourth-order valence-corrected chi connectivity index (χ4v) is 9.22. The first-order valence-electron chi connectivity index (χ1n) is 26.3. The number of aliphatic hydroxyl groups excluding tert-OH is 8. The average molecular weight is 1240 g/mol. The van der Waals surface area contributed by atoms with Crippen molar-refractivity contribution in [2.45, 2.75) is 98.5 Å². The number of esters is 3. The predicted octanol–water partition coefficient (Wildman–Crippen LogP) is -0.329. The van der Waals surface area contributed by atoms with Crippen LogP contribution in [0.25, 0.3) is 34.4 Å². The van der Waals surface area contributed by atoms with Gasteiger partial charge in [-0.15, -0.1) is 0 Å². The van der Waals surface area contributed by atoms with Crippen LogP contribution in [0.15, 0.2) is 83.3 Å². The van der Waals surface area contributed by atoms with Gasteiger partial charge in [0.25, 0.3) is 0 Å². The molecule has 0 amide bonds. The lowest BCUT2D eigenvalue weighted by atomic mass is 9.97. The summed E-state index contributed by atoms with van der Waals surface area (Å²) in [6, 6.07) is 13.2. The summed E-state index contributed by atoms with van der Waals surface area (Å²) in [5, 5.41) is 151. The standard InChI is InChI=1S/C57H60O31/c1-76-33-12-23(4-8-29(33)61)5-10-41(65)79-21-39-47(71)50(74)54(88-57-53(49(73)45(69)37(20-58)84-57)87-42(66)11-6-24-13-34(77-2)44(68)35(14-24)78-3)56(86-39)83-36-18-27-31(81-52(36)25-7-9-28(60)30(62)15-25)16-26(59)17-32(27)82-55-51(75)48(72)46(70)38(85-55)22-80-43(67)19-40(63)64/h4-18,37-39,45-51,53-58,69-75H,19-22H2,1-3H3,(H5-,59,60,61,62,63,64,65,66,68)/p+1/t37-,38-,39-,45-,46-,47-,48+,49+,50+,51-,53-,54-,55-,56-,57+/m1/s1. The molecule has 0 radical (unpaired) electrons. The van der Waals surface area contributed by atoms with Crippen LogP contribution < -0.4 is 23.7 Å². The Morgan fingerprint density at radius 3 is 1.78 bits per heavy atom. The second kappa shape index (κ2) is 28.3. The SMILES string of the molecule is COc1cc(C=CC(=O)OC[C@H]2O[C@@H](Oc3cc4c(O[C@@H]5O[C@H](COC(=O)CC(=O)O)[C@@H](O)[C@H](O)[C@H]5O)cc(O)cc4[o+]c3-c3ccc(O)c(O)c3)[C@H](O[C@@H]3O[C@H](CO)[C@@H](O)[C@H](O)[C@H]3OC(=O)C=Cc3cc(OC)c(O)c(OC)c3)[C@@H](O)[C@@H]2O)ccc1O. The number of carboxylic acids is 1. The Bertz CT molecular complexity index is 3360. The number of hydrogen-bond donors (Lipinski definition) is 14. The third kappa shape index (κ3) is 14.9. The molecule has 15 atom stereocenters. The number of rotatable bonds is 22. The summed E-state index contributed by atoms with van der Waals surface area (Å²) in [7, 11) is 3.82. The number of hydrogen-bond acceptors (Lipinski definition) is 29. The second-order valence-electron chi connectivity index (χ2n) is 19.7. The van der Waals surface area contributed by atoms with Crippen LogP contribution in [0.5, 0.6) is 57.5 Å². The largest absolute Gasteiger partial charge is 0.507 e. The van der Waals surface area contributed by atoms with Gasteiger partial charge in [-0.2, -0.15) is 0 Å². The van der Waals surface area contributed by atoms with E-state index < -0.39 is 177 Å². The van der Waals surface area contributed by atoms with E-state index in [-0.39, 0.29) is 50.8 Å². The molecule has 5 aromatic rings. The molecule has 0 unspecified atom stereocenters. The number of carbonyl (C=O) groups is 4. The monoisotopic (exact) mass is 1240 g/mol. The highest BCUT2D eigenvalue weighted by Gasteiger charge is 2.54. The Morgan fingerprint density at radius 1 is 0.545 bits per heavy atom. The first kappa shape index (κ1) is 65.2. The fraction of sp³-hybridized carbons (Fsp3) is 0.386. The van der Waals surface area contributed by atoms with Gasteiger partial charge in [0, 0.05) is 30.4 Å². The number of phenolic OH excluding ortho intramolecular Hbond substituents is 5. The van der Waals surface area contributed by atoms with Crippen molar-refractivity contribution in [3.63, 3.8) is 0 Å². The van der Waals surface area contributed by atoms with Gasteiger partial charge < -0.3 is 128 Å². The number of ether oxygens (including phenoxy) is 12. The predicted molar refractivity (Wildman–Crippen MR) is 290 cm³/mol. The van der Waals surface area contributed by atoms with Crippen molar-refractivity contribution in [1.82, 2.24) is 0 Å². The smallest absolute Gasteiger partial charge is 0.402 e. The topological polar surface area (TPSA) is 474 Å². The number of aliphatic hydroxyl groups is 8. The molecule has 3 saturated heterocycles. The third-order valence-corrected chi connectivity index (χ3v) is 13.8. The zero-order valence-corrected chi connectivity index (χ0v) is 46.4. The number of carbonyl (C=O) groups excluding carboxylic acids is 3. The van der Waals surface area contributed by atoms with E-state index in [2.05, 4.69) is 0 Å². The van der Waals surface area contributed by atoms with E-state index in [1.54, 1.807) is 0 Å². The number of aliphatic carboxylic acids is 1. The molecule has 88 heavy (non-hydrogen) atoms. The maximum absolute atomic E-state index is 13.6. The fourth-order valence-electron chi connectivity index (χ4n) is 9.22. The van der Waals surface area contributed by atoms with E-state index in [0.29, 0.717) is 5.56 Å². The molecule has 0 spiro atoms. The van der Waals surface area contributed by atoms with Crippen molar-refractivity contribution >= 4 is 47.0 Å². The summed E-state index contributed by atoms with van der Waals surface area (Å²) in [4.78, 5) is 49.9. The number of aromatic hydroxyl groups is 5. The summed E-state index contributed by atoms with van der Waals surface area (Å²) < 4.78 is 73.9. The maximum atomic E-state index is 13.6. The first-order valence-corrected chi connectivity index (χ1v) is 26.3. The molecule has 31 nitrogen and oxygen atoms in total. The maximum Gasteiger partial charge on any atom is 0.402 e. The molecule has 474 valence electrons. The van der Waals surface area contributed by atoms with E-state index in [0.717, 1.165) is 42.5 Å². The van der Waals surface area contributed by atoms with Gasteiger partial charge in [0.05, 0.1) is 39.6 Å². The number of carboxylic acid groups (broad SMARTS) is 1. The van der Waals surface area contributed by atoms with Crippen LogP contribution in [-0.2, 0) is 52.3 Å². The van der Waals surface area contributed by atoms with Crippen molar-refractivity contribution in [1.29, 1.82) is 0 Å².